The van der Waals surface area contributed by atoms with Crippen LogP contribution in [-0.2, 0) is 0 Å². The minimum atomic E-state index is 0.378. The van der Waals surface area contributed by atoms with Crippen LogP contribution in [0.2, 0.25) is 0 Å². The van der Waals surface area contributed by atoms with Gasteiger partial charge in [0.05, 0.1) is 13.2 Å². The van der Waals surface area contributed by atoms with E-state index in [-0.39, 0.29) is 0 Å². The van der Waals surface area contributed by atoms with Crippen LogP contribution in [0.15, 0.2) is 16.6 Å². The van der Waals surface area contributed by atoms with Crippen molar-refractivity contribution in [3.63, 3.8) is 0 Å². The van der Waals surface area contributed by atoms with Crippen LogP contribution in [0.4, 0.5) is 0 Å². The molecule has 0 amide bonds. The predicted octanol–water partition coefficient (Wildman–Crippen LogP) is 3.47. The molecule has 0 bridgehead atoms. The second-order valence-electron chi connectivity index (χ2n) is 5.39. The zero-order chi connectivity index (χ0) is 13.2. The van der Waals surface area contributed by atoms with Crippen molar-refractivity contribution in [3.8, 4) is 11.5 Å². The number of methoxy groups -OCH3 is 1. The third-order valence-electron chi connectivity index (χ3n) is 4.11. The lowest BCUT2D eigenvalue weighted by Gasteiger charge is -2.29. The van der Waals surface area contributed by atoms with Gasteiger partial charge in [-0.05, 0) is 44.4 Å². The van der Waals surface area contributed by atoms with E-state index >= 15 is 0 Å². The standard InChI is InChI=1S/C15H20BrNO2/c1-18-14-8-11(16)7-13(10-5-6-17-9-10)15(14)19-12-3-2-4-12/h7-8,10,12,17H,2-6,9H2,1H3. The molecule has 3 rings (SSSR count). The molecule has 1 aliphatic heterocycles. The minimum absolute atomic E-state index is 0.378. The molecule has 1 atom stereocenters. The summed E-state index contributed by atoms with van der Waals surface area (Å²) in [5, 5.41) is 3.42. The van der Waals surface area contributed by atoms with Gasteiger partial charge in [0.2, 0.25) is 0 Å². The lowest BCUT2D eigenvalue weighted by Crippen LogP contribution is -2.25. The summed E-state index contributed by atoms with van der Waals surface area (Å²) in [5.74, 6) is 2.34. The predicted molar refractivity (Wildman–Crippen MR) is 79.2 cm³/mol. The van der Waals surface area contributed by atoms with Crippen molar-refractivity contribution in [1.29, 1.82) is 0 Å². The van der Waals surface area contributed by atoms with Crippen LogP contribution in [-0.4, -0.2) is 26.3 Å². The summed E-state index contributed by atoms with van der Waals surface area (Å²) in [6.07, 6.45) is 5.16. The molecule has 0 aromatic heterocycles. The number of hydrogen-bond acceptors (Lipinski definition) is 3. The van der Waals surface area contributed by atoms with Crippen LogP contribution in [0.5, 0.6) is 11.5 Å². The first kappa shape index (κ1) is 13.3. The second kappa shape index (κ2) is 5.71. The Morgan fingerprint density at radius 3 is 2.68 bits per heavy atom. The van der Waals surface area contributed by atoms with E-state index in [0.717, 1.165) is 29.1 Å². The molecular weight excluding hydrogens is 306 g/mol. The molecule has 19 heavy (non-hydrogen) atoms. The van der Waals surface area contributed by atoms with Crippen LogP contribution < -0.4 is 14.8 Å². The van der Waals surface area contributed by atoms with E-state index in [4.69, 9.17) is 9.47 Å². The van der Waals surface area contributed by atoms with E-state index in [2.05, 4.69) is 27.3 Å². The number of ether oxygens (including phenoxy) is 2. The first-order chi connectivity index (χ1) is 9.28. The average molecular weight is 326 g/mol. The lowest BCUT2D eigenvalue weighted by molar-refractivity contribution is 0.114. The molecule has 1 aromatic carbocycles. The van der Waals surface area contributed by atoms with Crippen LogP contribution in [0, 0.1) is 0 Å². The SMILES string of the molecule is COc1cc(Br)cc(C2CCNC2)c1OC1CCC1. The first-order valence-corrected chi connectivity index (χ1v) is 7.82. The maximum absolute atomic E-state index is 6.20. The molecule has 1 N–H and O–H groups in total. The normalized spacial score (nSPS) is 23.2. The van der Waals surface area contributed by atoms with E-state index in [1.165, 1.54) is 31.2 Å². The van der Waals surface area contributed by atoms with Crippen molar-refractivity contribution >= 4 is 15.9 Å². The van der Waals surface area contributed by atoms with Gasteiger partial charge in [-0.3, -0.25) is 0 Å². The quantitative estimate of drug-likeness (QED) is 0.919. The highest BCUT2D eigenvalue weighted by molar-refractivity contribution is 9.10. The largest absolute Gasteiger partial charge is 0.493 e. The molecule has 2 fully saturated rings. The van der Waals surface area contributed by atoms with Crippen LogP contribution in [0.3, 0.4) is 0 Å². The summed E-state index contributed by atoms with van der Waals surface area (Å²) >= 11 is 3.58. The Balaban J connectivity index is 1.95. The highest BCUT2D eigenvalue weighted by atomic mass is 79.9. The number of rotatable bonds is 4. The lowest BCUT2D eigenvalue weighted by atomic mass is 9.94. The van der Waals surface area contributed by atoms with E-state index in [1.807, 2.05) is 6.07 Å². The molecule has 1 saturated carbocycles. The summed E-state index contributed by atoms with van der Waals surface area (Å²) in [6, 6.07) is 4.19. The van der Waals surface area contributed by atoms with Gasteiger partial charge >= 0.3 is 0 Å². The van der Waals surface area contributed by atoms with Crippen molar-refractivity contribution in [2.24, 2.45) is 0 Å². The molecule has 0 radical (unpaired) electrons. The van der Waals surface area contributed by atoms with Gasteiger partial charge in [-0.1, -0.05) is 15.9 Å². The van der Waals surface area contributed by atoms with Crippen molar-refractivity contribution in [3.05, 3.63) is 22.2 Å². The molecule has 104 valence electrons. The average Bonchev–Trinajstić information content (AvgIpc) is 2.87. The fourth-order valence-corrected chi connectivity index (χ4v) is 3.20. The fraction of sp³-hybridized carbons (Fsp3) is 0.600. The topological polar surface area (TPSA) is 30.5 Å². The highest BCUT2D eigenvalue weighted by Gasteiger charge is 2.27. The molecule has 0 spiro atoms. The highest BCUT2D eigenvalue weighted by Crippen LogP contribution is 2.42. The fourth-order valence-electron chi connectivity index (χ4n) is 2.75. The molecule has 1 aliphatic carbocycles. The number of hydrogen-bond donors (Lipinski definition) is 1. The Kier molecular flexibility index (Phi) is 3.99. The molecule has 1 heterocycles. The molecule has 1 unspecified atom stereocenters. The van der Waals surface area contributed by atoms with Gasteiger partial charge in [0.15, 0.2) is 11.5 Å². The van der Waals surface area contributed by atoms with Crippen molar-refractivity contribution in [1.82, 2.24) is 5.32 Å². The Hall–Kier alpha value is -0.740. The van der Waals surface area contributed by atoms with E-state index in [1.54, 1.807) is 7.11 Å². The van der Waals surface area contributed by atoms with Crippen molar-refractivity contribution < 1.29 is 9.47 Å². The maximum atomic E-state index is 6.20. The maximum Gasteiger partial charge on any atom is 0.165 e. The summed E-state index contributed by atoms with van der Waals surface area (Å²) in [4.78, 5) is 0. The summed E-state index contributed by atoms with van der Waals surface area (Å²) in [6.45, 7) is 2.11. The number of halogens is 1. The Morgan fingerprint density at radius 1 is 1.26 bits per heavy atom. The second-order valence-corrected chi connectivity index (χ2v) is 6.30. The van der Waals surface area contributed by atoms with Gasteiger partial charge in [-0.15, -0.1) is 0 Å². The van der Waals surface area contributed by atoms with E-state index in [9.17, 15) is 0 Å². The number of benzene rings is 1. The Bertz CT molecular complexity index is 454. The van der Waals surface area contributed by atoms with Gasteiger partial charge in [0.1, 0.15) is 0 Å². The Labute approximate surface area is 122 Å². The molecule has 1 saturated heterocycles. The zero-order valence-electron chi connectivity index (χ0n) is 11.2. The number of nitrogens with one attached hydrogen (secondary N) is 1. The molecule has 2 aliphatic rings. The van der Waals surface area contributed by atoms with Gasteiger partial charge in [-0.2, -0.15) is 0 Å². The molecule has 4 heteroatoms. The van der Waals surface area contributed by atoms with E-state index in [0.29, 0.717) is 12.0 Å². The molecular formula is C15H20BrNO2. The van der Waals surface area contributed by atoms with Crippen LogP contribution >= 0.6 is 15.9 Å². The van der Waals surface area contributed by atoms with Crippen LogP contribution in [0.25, 0.3) is 0 Å². The summed E-state index contributed by atoms with van der Waals surface area (Å²) < 4.78 is 12.8. The van der Waals surface area contributed by atoms with Gasteiger partial charge < -0.3 is 14.8 Å². The molecule has 1 aromatic rings. The monoisotopic (exact) mass is 325 g/mol. The third kappa shape index (κ3) is 2.75. The molecule has 3 nitrogen and oxygen atoms in total. The Morgan fingerprint density at radius 2 is 2.11 bits per heavy atom. The van der Waals surface area contributed by atoms with Gasteiger partial charge in [0.25, 0.3) is 0 Å². The van der Waals surface area contributed by atoms with E-state index < -0.39 is 0 Å². The minimum Gasteiger partial charge on any atom is -0.493 e. The smallest absolute Gasteiger partial charge is 0.165 e. The van der Waals surface area contributed by atoms with Gasteiger partial charge in [-0.25, -0.2) is 0 Å². The van der Waals surface area contributed by atoms with Crippen LogP contribution in [0.1, 0.15) is 37.2 Å². The summed E-state index contributed by atoms with van der Waals surface area (Å²) in [5.41, 5.74) is 1.28. The van der Waals surface area contributed by atoms with Crippen molar-refractivity contribution in [2.75, 3.05) is 20.2 Å². The van der Waals surface area contributed by atoms with Crippen molar-refractivity contribution in [2.45, 2.75) is 37.7 Å². The summed E-state index contributed by atoms with van der Waals surface area (Å²) in [7, 11) is 1.71. The zero-order valence-corrected chi connectivity index (χ0v) is 12.8. The first-order valence-electron chi connectivity index (χ1n) is 7.02. The third-order valence-corrected chi connectivity index (χ3v) is 4.56. The van der Waals surface area contributed by atoms with Gasteiger partial charge in [0, 0.05) is 22.5 Å².